The molecule has 0 atom stereocenters. The summed E-state index contributed by atoms with van der Waals surface area (Å²) in [7, 11) is 1.86. The Balaban J connectivity index is 2.54. The van der Waals surface area contributed by atoms with E-state index in [2.05, 4.69) is 11.8 Å². The van der Waals surface area contributed by atoms with Crippen LogP contribution in [0.15, 0.2) is 12.1 Å². The zero-order chi connectivity index (χ0) is 12.0. The summed E-state index contributed by atoms with van der Waals surface area (Å²) in [4.78, 5) is 14.7. The summed E-state index contributed by atoms with van der Waals surface area (Å²) in [6.07, 6.45) is 0. The van der Waals surface area contributed by atoms with Gasteiger partial charge in [-0.25, -0.2) is 0 Å². The molecule has 0 bridgehead atoms. The number of thiophene rings is 1. The van der Waals surface area contributed by atoms with E-state index in [-0.39, 0.29) is 12.5 Å². The molecule has 4 N–H and O–H groups in total. The zero-order valence-corrected chi connectivity index (χ0v) is 10.0. The number of nitrogens with two attached hydrogens (primary N) is 2. The number of nitrogens with zero attached hydrogens (tertiary/aromatic N) is 1. The maximum absolute atomic E-state index is 10.7. The van der Waals surface area contributed by atoms with Gasteiger partial charge in [0.1, 0.15) is 0 Å². The Morgan fingerprint density at radius 2 is 2.31 bits per heavy atom. The molecule has 0 saturated heterocycles. The minimum Gasteiger partial charge on any atom is -0.369 e. The molecule has 0 aromatic carbocycles. The first kappa shape index (κ1) is 12.7. The van der Waals surface area contributed by atoms with E-state index < -0.39 is 0 Å². The molecule has 0 spiro atoms. The summed E-state index contributed by atoms with van der Waals surface area (Å²) in [5.74, 6) is 5.46. The molecule has 0 fully saturated rings. The van der Waals surface area contributed by atoms with Crippen LogP contribution in [0.3, 0.4) is 0 Å². The fourth-order valence-electron chi connectivity index (χ4n) is 1.26. The summed E-state index contributed by atoms with van der Waals surface area (Å²) in [6, 6.07) is 3.96. The van der Waals surface area contributed by atoms with Gasteiger partial charge in [0, 0.05) is 11.4 Å². The van der Waals surface area contributed by atoms with Crippen LogP contribution in [0.5, 0.6) is 0 Å². The van der Waals surface area contributed by atoms with Crippen LogP contribution in [-0.4, -0.2) is 30.9 Å². The summed E-state index contributed by atoms with van der Waals surface area (Å²) in [5.41, 5.74) is 10.4. The molecule has 4 nitrogen and oxygen atoms in total. The Morgan fingerprint density at radius 1 is 1.56 bits per heavy atom. The molecular formula is C11H15N3OS. The molecule has 0 aliphatic heterocycles. The van der Waals surface area contributed by atoms with Gasteiger partial charge in [-0.1, -0.05) is 11.8 Å². The lowest BCUT2D eigenvalue weighted by Crippen LogP contribution is -2.29. The lowest BCUT2D eigenvalue weighted by atomic mass is 10.4. The van der Waals surface area contributed by atoms with Crippen molar-refractivity contribution in [3.8, 4) is 11.8 Å². The molecule has 0 aliphatic carbocycles. The number of carbonyl (C=O) groups is 1. The van der Waals surface area contributed by atoms with Crippen molar-refractivity contribution in [2.75, 3.05) is 20.1 Å². The van der Waals surface area contributed by atoms with Crippen LogP contribution in [0.2, 0.25) is 0 Å². The minimum absolute atomic E-state index is 0.266. The molecule has 0 saturated carbocycles. The number of hydrogen-bond donors (Lipinski definition) is 2. The van der Waals surface area contributed by atoms with Gasteiger partial charge in [0.2, 0.25) is 5.91 Å². The number of likely N-dealkylation sites (N-methyl/N-ethyl adjacent to an activating group) is 1. The van der Waals surface area contributed by atoms with Gasteiger partial charge in [-0.05, 0) is 19.2 Å². The molecule has 0 unspecified atom stereocenters. The van der Waals surface area contributed by atoms with E-state index in [9.17, 15) is 4.79 Å². The van der Waals surface area contributed by atoms with Crippen molar-refractivity contribution >= 4 is 17.2 Å². The maximum Gasteiger partial charge on any atom is 0.231 e. The van der Waals surface area contributed by atoms with Gasteiger partial charge in [0.05, 0.1) is 18.0 Å². The SMILES string of the molecule is CN(CC(N)=O)Cc1ccc(C#CCN)s1. The average Bonchev–Trinajstić information content (AvgIpc) is 2.61. The van der Waals surface area contributed by atoms with Crippen molar-refractivity contribution < 1.29 is 4.79 Å². The molecule has 1 aromatic heterocycles. The Kier molecular flexibility index (Phi) is 4.99. The fourth-order valence-corrected chi connectivity index (χ4v) is 2.22. The van der Waals surface area contributed by atoms with Crippen molar-refractivity contribution in [1.82, 2.24) is 4.90 Å². The Hall–Kier alpha value is -1.35. The zero-order valence-electron chi connectivity index (χ0n) is 9.19. The van der Waals surface area contributed by atoms with Gasteiger partial charge >= 0.3 is 0 Å². The highest BCUT2D eigenvalue weighted by atomic mass is 32.1. The summed E-state index contributed by atoms with van der Waals surface area (Å²) < 4.78 is 0. The first-order valence-corrected chi connectivity index (χ1v) is 5.68. The van der Waals surface area contributed by atoms with Crippen molar-refractivity contribution in [2.45, 2.75) is 6.54 Å². The van der Waals surface area contributed by atoms with Gasteiger partial charge < -0.3 is 11.5 Å². The predicted octanol–water partition coefficient (Wildman–Crippen LogP) is -0.0246. The highest BCUT2D eigenvalue weighted by Gasteiger charge is 2.05. The van der Waals surface area contributed by atoms with Gasteiger partial charge in [0.25, 0.3) is 0 Å². The van der Waals surface area contributed by atoms with Crippen LogP contribution in [0.1, 0.15) is 9.75 Å². The summed E-state index contributed by atoms with van der Waals surface area (Å²) in [5, 5.41) is 0. The van der Waals surface area contributed by atoms with E-state index in [1.54, 1.807) is 11.3 Å². The average molecular weight is 237 g/mol. The molecule has 86 valence electrons. The van der Waals surface area contributed by atoms with E-state index in [1.165, 1.54) is 0 Å². The van der Waals surface area contributed by atoms with Crippen molar-refractivity contribution in [2.24, 2.45) is 11.5 Å². The smallest absolute Gasteiger partial charge is 0.231 e. The highest BCUT2D eigenvalue weighted by Crippen LogP contribution is 2.16. The van der Waals surface area contributed by atoms with Crippen LogP contribution in [-0.2, 0) is 11.3 Å². The monoisotopic (exact) mass is 237 g/mol. The van der Waals surface area contributed by atoms with E-state index in [4.69, 9.17) is 11.5 Å². The first-order valence-electron chi connectivity index (χ1n) is 4.86. The second-order valence-corrected chi connectivity index (χ2v) is 4.58. The van der Waals surface area contributed by atoms with Gasteiger partial charge in [0.15, 0.2) is 0 Å². The second kappa shape index (κ2) is 6.28. The molecule has 1 aromatic rings. The van der Waals surface area contributed by atoms with E-state index in [0.717, 1.165) is 9.75 Å². The molecule has 0 aliphatic rings. The largest absolute Gasteiger partial charge is 0.369 e. The number of primary amides is 1. The normalized spacial score (nSPS) is 9.94. The predicted molar refractivity (Wildman–Crippen MR) is 65.8 cm³/mol. The standard InChI is InChI=1S/C11H15N3OS/c1-14(8-11(13)15)7-10-5-4-9(16-10)3-2-6-12/h4-5H,6-8,12H2,1H3,(H2,13,15). The van der Waals surface area contributed by atoms with Gasteiger partial charge in [-0.2, -0.15) is 0 Å². The van der Waals surface area contributed by atoms with Crippen LogP contribution >= 0.6 is 11.3 Å². The molecule has 1 amide bonds. The Labute approximate surface area is 99.2 Å². The van der Waals surface area contributed by atoms with E-state index >= 15 is 0 Å². The van der Waals surface area contributed by atoms with Gasteiger partial charge in [-0.15, -0.1) is 11.3 Å². The molecule has 0 radical (unpaired) electrons. The molecular weight excluding hydrogens is 222 g/mol. The van der Waals surface area contributed by atoms with Crippen LogP contribution in [0.25, 0.3) is 0 Å². The second-order valence-electron chi connectivity index (χ2n) is 3.41. The lowest BCUT2D eigenvalue weighted by Gasteiger charge is -2.12. The van der Waals surface area contributed by atoms with Crippen LogP contribution < -0.4 is 11.5 Å². The van der Waals surface area contributed by atoms with E-state index in [0.29, 0.717) is 13.1 Å². The summed E-state index contributed by atoms with van der Waals surface area (Å²) >= 11 is 1.61. The lowest BCUT2D eigenvalue weighted by molar-refractivity contribution is -0.118. The van der Waals surface area contributed by atoms with Crippen LogP contribution in [0.4, 0.5) is 0 Å². The summed E-state index contributed by atoms with van der Waals surface area (Å²) in [6.45, 7) is 1.34. The topological polar surface area (TPSA) is 72.3 Å². The highest BCUT2D eigenvalue weighted by molar-refractivity contribution is 7.12. The Bertz CT molecular complexity index is 416. The minimum atomic E-state index is -0.317. The number of amides is 1. The van der Waals surface area contributed by atoms with Gasteiger partial charge in [-0.3, -0.25) is 9.69 Å². The van der Waals surface area contributed by atoms with Crippen molar-refractivity contribution in [1.29, 1.82) is 0 Å². The third-order valence-electron chi connectivity index (χ3n) is 1.83. The fraction of sp³-hybridized carbons (Fsp3) is 0.364. The molecule has 16 heavy (non-hydrogen) atoms. The number of hydrogen-bond acceptors (Lipinski definition) is 4. The molecule has 1 rings (SSSR count). The number of carbonyl (C=O) groups excluding carboxylic acids is 1. The third kappa shape index (κ3) is 4.45. The van der Waals surface area contributed by atoms with Crippen LogP contribution in [0, 0.1) is 11.8 Å². The first-order chi connectivity index (χ1) is 7.61. The quantitative estimate of drug-likeness (QED) is 0.723. The molecule has 1 heterocycles. The maximum atomic E-state index is 10.7. The third-order valence-corrected chi connectivity index (χ3v) is 2.81. The van der Waals surface area contributed by atoms with E-state index in [1.807, 2.05) is 24.1 Å². The van der Waals surface area contributed by atoms with Crippen molar-refractivity contribution in [3.05, 3.63) is 21.9 Å². The molecule has 5 heteroatoms. The Morgan fingerprint density at radius 3 is 2.94 bits per heavy atom. The number of rotatable bonds is 4. The van der Waals surface area contributed by atoms with Crippen molar-refractivity contribution in [3.63, 3.8) is 0 Å².